The second kappa shape index (κ2) is 6.94. The third-order valence-corrected chi connectivity index (χ3v) is 4.61. The van der Waals surface area contributed by atoms with Gasteiger partial charge in [0, 0.05) is 29.8 Å². The summed E-state index contributed by atoms with van der Waals surface area (Å²) in [5.41, 5.74) is 2.17. The van der Waals surface area contributed by atoms with Crippen LogP contribution in [0.2, 0.25) is 0 Å². The summed E-state index contributed by atoms with van der Waals surface area (Å²) in [6.45, 7) is 1.58. The van der Waals surface area contributed by atoms with E-state index in [1.165, 1.54) is 12.1 Å². The minimum atomic E-state index is -3.91. The van der Waals surface area contributed by atoms with Crippen LogP contribution in [0.5, 0.6) is 0 Å². The van der Waals surface area contributed by atoms with E-state index in [1.54, 1.807) is 24.4 Å². The number of nitrogens with two attached hydrogens (primary N) is 1. The lowest BCUT2D eigenvalue weighted by molar-refractivity contribution is 0.572. The fourth-order valence-corrected chi connectivity index (χ4v) is 3.23. The molecule has 9 heteroatoms. The molecule has 0 saturated carbocycles. The van der Waals surface area contributed by atoms with E-state index < -0.39 is 16.0 Å². The molecule has 0 bridgehead atoms. The van der Waals surface area contributed by atoms with E-state index in [4.69, 9.17) is 5.14 Å². The minimum absolute atomic E-state index is 0.200. The zero-order chi connectivity index (χ0) is 18.9. The highest BCUT2D eigenvalue weighted by Gasteiger charge is 2.16. The number of fused-ring (bicyclic) bond motifs is 1. The van der Waals surface area contributed by atoms with Gasteiger partial charge in [-0.15, -0.1) is 0 Å². The SMILES string of the molecule is CCc1c(-c2ccnc3[nH]c(=O)ccc23)ccc(CNS(N)(=O)=O)c1F. The van der Waals surface area contributed by atoms with Gasteiger partial charge in [-0.3, -0.25) is 4.79 Å². The van der Waals surface area contributed by atoms with Gasteiger partial charge in [-0.25, -0.2) is 14.5 Å². The molecular formula is C17H17FN4O3S. The Bertz CT molecular complexity index is 1140. The fourth-order valence-electron chi connectivity index (χ4n) is 2.88. The van der Waals surface area contributed by atoms with Crippen LogP contribution in [-0.4, -0.2) is 18.4 Å². The Morgan fingerprint density at radius 1 is 1.19 bits per heavy atom. The van der Waals surface area contributed by atoms with Crippen molar-refractivity contribution in [2.75, 3.05) is 0 Å². The maximum absolute atomic E-state index is 14.9. The molecule has 0 aliphatic rings. The number of hydrogen-bond acceptors (Lipinski definition) is 4. The summed E-state index contributed by atoms with van der Waals surface area (Å²) in [5.74, 6) is -0.490. The van der Waals surface area contributed by atoms with Crippen LogP contribution >= 0.6 is 0 Å². The van der Waals surface area contributed by atoms with Crippen molar-refractivity contribution in [3.63, 3.8) is 0 Å². The highest BCUT2D eigenvalue weighted by atomic mass is 32.2. The zero-order valence-corrected chi connectivity index (χ0v) is 14.7. The molecule has 2 heterocycles. The molecule has 2 aromatic heterocycles. The molecule has 0 saturated heterocycles. The average molecular weight is 376 g/mol. The third kappa shape index (κ3) is 3.64. The van der Waals surface area contributed by atoms with E-state index in [-0.39, 0.29) is 17.7 Å². The third-order valence-electron chi connectivity index (χ3n) is 4.06. The predicted molar refractivity (Wildman–Crippen MR) is 97.1 cm³/mol. The summed E-state index contributed by atoms with van der Waals surface area (Å²) < 4.78 is 39.1. The molecule has 3 aromatic rings. The predicted octanol–water partition coefficient (Wildman–Crippen LogP) is 1.58. The van der Waals surface area contributed by atoms with Crippen molar-refractivity contribution in [3.05, 3.63) is 63.8 Å². The van der Waals surface area contributed by atoms with Gasteiger partial charge < -0.3 is 4.98 Å². The molecule has 0 amide bonds. The lowest BCUT2D eigenvalue weighted by Crippen LogP contribution is -2.30. The summed E-state index contributed by atoms with van der Waals surface area (Å²) in [4.78, 5) is 18.3. The van der Waals surface area contributed by atoms with Crippen LogP contribution in [0.1, 0.15) is 18.1 Å². The van der Waals surface area contributed by atoms with Crippen molar-refractivity contribution in [2.45, 2.75) is 19.9 Å². The van der Waals surface area contributed by atoms with E-state index >= 15 is 0 Å². The average Bonchev–Trinajstić information content (AvgIpc) is 2.59. The van der Waals surface area contributed by atoms with Gasteiger partial charge in [0.1, 0.15) is 11.5 Å². The van der Waals surface area contributed by atoms with E-state index in [1.807, 2.05) is 6.92 Å². The molecule has 0 radical (unpaired) electrons. The first-order valence-electron chi connectivity index (χ1n) is 7.86. The van der Waals surface area contributed by atoms with Crippen LogP contribution < -0.4 is 15.4 Å². The Morgan fingerprint density at radius 3 is 2.65 bits per heavy atom. The summed E-state index contributed by atoms with van der Waals surface area (Å²) in [6.07, 6.45) is 1.94. The van der Waals surface area contributed by atoms with Gasteiger partial charge >= 0.3 is 0 Å². The van der Waals surface area contributed by atoms with Gasteiger partial charge in [0.25, 0.3) is 10.2 Å². The van der Waals surface area contributed by atoms with Crippen LogP contribution in [0.3, 0.4) is 0 Å². The molecule has 1 aromatic carbocycles. The number of benzene rings is 1. The maximum atomic E-state index is 14.9. The van der Waals surface area contributed by atoms with Crippen molar-refractivity contribution in [1.29, 1.82) is 0 Å². The van der Waals surface area contributed by atoms with E-state index in [0.717, 1.165) is 5.56 Å². The second-order valence-corrected chi connectivity index (χ2v) is 7.11. The van der Waals surface area contributed by atoms with Crippen LogP contribution in [0.15, 0.2) is 41.3 Å². The topological polar surface area (TPSA) is 118 Å². The Labute approximate surface area is 149 Å². The lowest BCUT2D eigenvalue weighted by atomic mass is 9.94. The van der Waals surface area contributed by atoms with Crippen LogP contribution in [0, 0.1) is 5.82 Å². The van der Waals surface area contributed by atoms with Gasteiger partial charge in [-0.05, 0) is 35.2 Å². The number of halogens is 1. The Hall–Kier alpha value is -2.62. The monoisotopic (exact) mass is 376 g/mol. The maximum Gasteiger partial charge on any atom is 0.274 e. The summed E-state index contributed by atoms with van der Waals surface area (Å²) in [6, 6.07) is 8.02. The van der Waals surface area contributed by atoms with Crippen LogP contribution in [-0.2, 0) is 23.2 Å². The Morgan fingerprint density at radius 2 is 1.96 bits per heavy atom. The quantitative estimate of drug-likeness (QED) is 0.626. The highest BCUT2D eigenvalue weighted by Crippen LogP contribution is 2.32. The number of pyridine rings is 2. The van der Waals surface area contributed by atoms with Crippen LogP contribution in [0.25, 0.3) is 22.2 Å². The summed E-state index contributed by atoms with van der Waals surface area (Å²) >= 11 is 0. The highest BCUT2D eigenvalue weighted by molar-refractivity contribution is 7.87. The molecule has 26 heavy (non-hydrogen) atoms. The molecule has 4 N–H and O–H groups in total. The van der Waals surface area contributed by atoms with Gasteiger partial charge in [0.05, 0.1) is 0 Å². The van der Waals surface area contributed by atoms with Gasteiger partial charge in [0.2, 0.25) is 5.56 Å². The molecule has 0 fully saturated rings. The molecule has 3 rings (SSSR count). The van der Waals surface area contributed by atoms with E-state index in [0.29, 0.717) is 28.6 Å². The number of rotatable bonds is 5. The molecule has 0 atom stereocenters. The number of aromatic amines is 1. The molecular weight excluding hydrogens is 359 g/mol. The molecule has 0 spiro atoms. The summed E-state index contributed by atoms with van der Waals surface area (Å²) in [5, 5.41) is 5.59. The molecule has 136 valence electrons. The van der Waals surface area contributed by atoms with Crippen LogP contribution in [0.4, 0.5) is 4.39 Å². The van der Waals surface area contributed by atoms with E-state index in [2.05, 4.69) is 14.7 Å². The van der Waals surface area contributed by atoms with Crippen molar-refractivity contribution in [3.8, 4) is 11.1 Å². The Kier molecular flexibility index (Phi) is 4.86. The molecule has 0 unspecified atom stereocenters. The van der Waals surface area contributed by atoms with Crippen molar-refractivity contribution >= 4 is 21.2 Å². The van der Waals surface area contributed by atoms with Gasteiger partial charge in [0.15, 0.2) is 0 Å². The molecule has 7 nitrogen and oxygen atoms in total. The lowest BCUT2D eigenvalue weighted by Gasteiger charge is -2.14. The standard InChI is InChI=1S/C17H17FN4O3S/c1-2-11-12(4-3-10(16(11)18)9-21-26(19,24)25)13-7-8-20-17-14(13)5-6-15(23)22-17/h3-8,21H,2,9H2,1H3,(H2,19,24,25)(H,20,22,23). The zero-order valence-electron chi connectivity index (χ0n) is 13.9. The summed E-state index contributed by atoms with van der Waals surface area (Å²) in [7, 11) is -3.91. The normalized spacial score (nSPS) is 11.8. The number of aromatic nitrogens is 2. The van der Waals surface area contributed by atoms with Gasteiger partial charge in [-0.1, -0.05) is 19.1 Å². The first-order valence-corrected chi connectivity index (χ1v) is 9.41. The Balaban J connectivity index is 2.15. The fraction of sp³-hybridized carbons (Fsp3) is 0.176. The number of nitrogens with one attached hydrogen (secondary N) is 2. The minimum Gasteiger partial charge on any atom is -0.307 e. The van der Waals surface area contributed by atoms with Gasteiger partial charge in [-0.2, -0.15) is 13.1 Å². The van der Waals surface area contributed by atoms with Crippen molar-refractivity contribution in [2.24, 2.45) is 5.14 Å². The number of hydrogen-bond donors (Lipinski definition) is 3. The number of H-pyrrole nitrogens is 1. The second-order valence-electron chi connectivity index (χ2n) is 5.73. The smallest absolute Gasteiger partial charge is 0.274 e. The largest absolute Gasteiger partial charge is 0.307 e. The van der Waals surface area contributed by atoms with E-state index in [9.17, 15) is 17.6 Å². The first kappa shape index (κ1) is 18.2. The van der Waals surface area contributed by atoms with Crippen molar-refractivity contribution < 1.29 is 12.8 Å². The molecule has 0 aliphatic carbocycles. The first-order chi connectivity index (χ1) is 12.3. The number of nitrogens with zero attached hydrogens (tertiary/aromatic N) is 1. The van der Waals surface area contributed by atoms with Crippen molar-refractivity contribution in [1.82, 2.24) is 14.7 Å². The molecule has 0 aliphatic heterocycles.